The van der Waals surface area contributed by atoms with Crippen LogP contribution in [-0.4, -0.2) is 29.0 Å². The molecule has 2 aromatic rings. The number of esters is 1. The number of amides is 1. The van der Waals surface area contributed by atoms with Crippen LogP contribution in [0.1, 0.15) is 30.0 Å². The van der Waals surface area contributed by atoms with Gasteiger partial charge in [-0.05, 0) is 13.3 Å². The Kier molecular flexibility index (Phi) is 6.40. The molecule has 0 spiro atoms. The average Bonchev–Trinajstić information content (AvgIpc) is 3.14. The number of ether oxygens (including phenoxy) is 1. The van der Waals surface area contributed by atoms with E-state index < -0.39 is 0 Å². The first kappa shape index (κ1) is 18.0. The number of thiazole rings is 2. The minimum Gasteiger partial charge on any atom is -0.469 e. The number of anilines is 1. The van der Waals surface area contributed by atoms with E-state index in [-0.39, 0.29) is 31.1 Å². The van der Waals surface area contributed by atoms with E-state index in [0.717, 1.165) is 21.3 Å². The van der Waals surface area contributed by atoms with Gasteiger partial charge in [0, 0.05) is 18.2 Å². The predicted molar refractivity (Wildman–Crippen MR) is 91.8 cm³/mol. The SMILES string of the molecule is COC(=O)CCCC(=O)Nc1nc(C)c(-c2csc(CC#N)n2)s1. The number of carbonyl (C=O) groups excluding carboxylic acids is 2. The van der Waals surface area contributed by atoms with Crippen molar-refractivity contribution in [1.29, 1.82) is 5.26 Å². The zero-order valence-corrected chi connectivity index (χ0v) is 14.9. The Hall–Kier alpha value is -2.31. The number of hydrogen-bond donors (Lipinski definition) is 1. The smallest absolute Gasteiger partial charge is 0.305 e. The molecule has 2 aromatic heterocycles. The Morgan fingerprint density at radius 1 is 1.38 bits per heavy atom. The van der Waals surface area contributed by atoms with Crippen LogP contribution in [0.25, 0.3) is 10.6 Å². The molecule has 126 valence electrons. The Morgan fingerprint density at radius 2 is 2.17 bits per heavy atom. The molecule has 7 nitrogen and oxygen atoms in total. The van der Waals surface area contributed by atoms with Crippen molar-refractivity contribution < 1.29 is 14.3 Å². The van der Waals surface area contributed by atoms with Gasteiger partial charge in [0.2, 0.25) is 5.91 Å². The molecule has 0 aliphatic rings. The van der Waals surface area contributed by atoms with E-state index in [2.05, 4.69) is 26.1 Å². The molecule has 24 heavy (non-hydrogen) atoms. The van der Waals surface area contributed by atoms with Gasteiger partial charge in [0.1, 0.15) is 5.01 Å². The third-order valence-electron chi connectivity index (χ3n) is 3.07. The molecule has 0 saturated heterocycles. The van der Waals surface area contributed by atoms with Crippen LogP contribution in [0.2, 0.25) is 0 Å². The normalized spacial score (nSPS) is 10.2. The van der Waals surface area contributed by atoms with Crippen molar-refractivity contribution in [1.82, 2.24) is 9.97 Å². The van der Waals surface area contributed by atoms with Crippen LogP contribution >= 0.6 is 22.7 Å². The van der Waals surface area contributed by atoms with Crippen LogP contribution in [0.3, 0.4) is 0 Å². The molecule has 1 amide bonds. The number of rotatable bonds is 7. The summed E-state index contributed by atoms with van der Waals surface area (Å²) in [4.78, 5) is 32.5. The highest BCUT2D eigenvalue weighted by Crippen LogP contribution is 2.33. The zero-order chi connectivity index (χ0) is 17.5. The summed E-state index contributed by atoms with van der Waals surface area (Å²) in [7, 11) is 1.32. The van der Waals surface area contributed by atoms with E-state index in [4.69, 9.17) is 5.26 Å². The minimum absolute atomic E-state index is 0.192. The minimum atomic E-state index is -0.327. The first-order valence-electron chi connectivity index (χ1n) is 7.19. The maximum Gasteiger partial charge on any atom is 0.305 e. The zero-order valence-electron chi connectivity index (χ0n) is 13.3. The fraction of sp³-hybridized carbons (Fsp3) is 0.400. The topological polar surface area (TPSA) is 105 Å². The lowest BCUT2D eigenvalue weighted by Crippen LogP contribution is -2.12. The van der Waals surface area contributed by atoms with Crippen LogP contribution in [0.15, 0.2) is 5.38 Å². The van der Waals surface area contributed by atoms with E-state index in [1.165, 1.54) is 29.8 Å². The van der Waals surface area contributed by atoms with Crippen LogP contribution in [0, 0.1) is 18.3 Å². The molecule has 0 atom stereocenters. The number of nitriles is 1. The molecule has 2 heterocycles. The summed E-state index contributed by atoms with van der Waals surface area (Å²) in [6.45, 7) is 1.85. The van der Waals surface area contributed by atoms with Crippen LogP contribution in [-0.2, 0) is 20.7 Å². The number of aryl methyl sites for hydroxylation is 1. The van der Waals surface area contributed by atoms with Gasteiger partial charge >= 0.3 is 5.97 Å². The van der Waals surface area contributed by atoms with Crippen LogP contribution < -0.4 is 5.32 Å². The standard InChI is InChI=1S/C15H16N4O3S2/c1-9-14(10-8-23-12(18-10)6-7-16)24-15(17-9)19-11(20)4-3-5-13(21)22-2/h8H,3-6H2,1-2H3,(H,17,19,20). The molecule has 1 N–H and O–H groups in total. The lowest BCUT2D eigenvalue weighted by molar-refractivity contribution is -0.140. The Labute approximate surface area is 147 Å². The highest BCUT2D eigenvalue weighted by atomic mass is 32.1. The van der Waals surface area contributed by atoms with Gasteiger partial charge in [0.05, 0.1) is 35.9 Å². The first-order chi connectivity index (χ1) is 11.5. The van der Waals surface area contributed by atoms with Gasteiger partial charge in [-0.1, -0.05) is 11.3 Å². The fourth-order valence-electron chi connectivity index (χ4n) is 1.93. The van der Waals surface area contributed by atoms with E-state index in [1.807, 2.05) is 12.3 Å². The molecule has 0 aromatic carbocycles. The van der Waals surface area contributed by atoms with Crippen LogP contribution in [0.5, 0.6) is 0 Å². The number of nitrogens with one attached hydrogen (secondary N) is 1. The summed E-state index contributed by atoms with van der Waals surface area (Å²) in [5.74, 6) is -0.519. The number of hydrogen-bond acceptors (Lipinski definition) is 8. The van der Waals surface area contributed by atoms with Crippen LogP contribution in [0.4, 0.5) is 5.13 Å². The number of carbonyl (C=O) groups is 2. The second-order valence-corrected chi connectivity index (χ2v) is 6.81. The Balaban J connectivity index is 1.96. The highest BCUT2D eigenvalue weighted by Gasteiger charge is 2.15. The molecule has 0 radical (unpaired) electrons. The van der Waals surface area contributed by atoms with Crippen molar-refractivity contribution in [2.75, 3.05) is 12.4 Å². The molecule has 0 bridgehead atoms. The lowest BCUT2D eigenvalue weighted by Gasteiger charge is -2.01. The maximum absolute atomic E-state index is 11.9. The molecule has 0 fully saturated rings. The third kappa shape index (κ3) is 4.84. The second kappa shape index (κ2) is 8.52. The van der Waals surface area contributed by atoms with E-state index in [0.29, 0.717) is 11.6 Å². The van der Waals surface area contributed by atoms with Crippen molar-refractivity contribution in [3.05, 3.63) is 16.1 Å². The fourth-order valence-corrected chi connectivity index (χ4v) is 3.66. The van der Waals surface area contributed by atoms with E-state index >= 15 is 0 Å². The van der Waals surface area contributed by atoms with Gasteiger partial charge in [0.25, 0.3) is 0 Å². The summed E-state index contributed by atoms with van der Waals surface area (Å²) in [6.07, 6.45) is 1.16. The molecular weight excluding hydrogens is 348 g/mol. The van der Waals surface area contributed by atoms with Gasteiger partial charge in [-0.3, -0.25) is 9.59 Å². The Bertz CT molecular complexity index is 776. The summed E-state index contributed by atoms with van der Waals surface area (Å²) in [6, 6.07) is 2.07. The van der Waals surface area contributed by atoms with Crippen molar-refractivity contribution in [3.8, 4) is 16.6 Å². The van der Waals surface area contributed by atoms with Crippen molar-refractivity contribution in [2.24, 2.45) is 0 Å². The molecule has 2 rings (SSSR count). The highest BCUT2D eigenvalue weighted by molar-refractivity contribution is 7.19. The largest absolute Gasteiger partial charge is 0.469 e. The monoisotopic (exact) mass is 364 g/mol. The number of aromatic nitrogens is 2. The molecule has 0 saturated carbocycles. The molecule has 0 aliphatic carbocycles. The summed E-state index contributed by atoms with van der Waals surface area (Å²) in [5, 5.41) is 14.6. The van der Waals surface area contributed by atoms with E-state index in [1.54, 1.807) is 0 Å². The lowest BCUT2D eigenvalue weighted by atomic mass is 10.2. The van der Waals surface area contributed by atoms with Gasteiger partial charge in [-0.15, -0.1) is 11.3 Å². The molecule has 9 heteroatoms. The predicted octanol–water partition coefficient (Wildman–Crippen LogP) is 2.92. The van der Waals surface area contributed by atoms with Crippen molar-refractivity contribution >= 4 is 39.7 Å². The summed E-state index contributed by atoms with van der Waals surface area (Å²) in [5.41, 5.74) is 1.55. The van der Waals surface area contributed by atoms with Gasteiger partial charge in [0.15, 0.2) is 5.13 Å². The number of nitrogens with zero attached hydrogens (tertiary/aromatic N) is 3. The maximum atomic E-state index is 11.9. The second-order valence-electron chi connectivity index (χ2n) is 4.87. The van der Waals surface area contributed by atoms with Gasteiger partial charge < -0.3 is 10.1 Å². The first-order valence-corrected chi connectivity index (χ1v) is 8.89. The Morgan fingerprint density at radius 3 is 2.88 bits per heavy atom. The summed E-state index contributed by atoms with van der Waals surface area (Å²) >= 11 is 2.77. The molecule has 0 unspecified atom stereocenters. The molecular formula is C15H16N4O3S2. The molecule has 0 aliphatic heterocycles. The number of methoxy groups -OCH3 is 1. The van der Waals surface area contributed by atoms with Crippen molar-refractivity contribution in [3.63, 3.8) is 0 Å². The summed E-state index contributed by atoms with van der Waals surface area (Å²) < 4.78 is 4.53. The van der Waals surface area contributed by atoms with E-state index in [9.17, 15) is 9.59 Å². The van der Waals surface area contributed by atoms with Crippen molar-refractivity contribution in [2.45, 2.75) is 32.6 Å². The third-order valence-corrected chi connectivity index (χ3v) is 5.01. The average molecular weight is 364 g/mol. The van der Waals surface area contributed by atoms with Gasteiger partial charge in [-0.25, -0.2) is 9.97 Å². The quantitative estimate of drug-likeness (QED) is 0.757. The van der Waals surface area contributed by atoms with Gasteiger partial charge in [-0.2, -0.15) is 5.26 Å².